The quantitative estimate of drug-likeness (QED) is 0.898. The Morgan fingerprint density at radius 2 is 1.84 bits per heavy atom. The molecule has 6 nitrogen and oxygen atoms in total. The van der Waals surface area contributed by atoms with Crippen LogP contribution in [-0.4, -0.2) is 20.1 Å². The van der Waals surface area contributed by atoms with E-state index < -0.39 is 21.9 Å². The molecule has 2 N–H and O–H groups in total. The van der Waals surface area contributed by atoms with Crippen molar-refractivity contribution >= 4 is 33.6 Å². The van der Waals surface area contributed by atoms with Gasteiger partial charge in [0.1, 0.15) is 5.60 Å². The van der Waals surface area contributed by atoms with Gasteiger partial charge < -0.3 is 4.74 Å². The summed E-state index contributed by atoms with van der Waals surface area (Å²) in [4.78, 5) is 11.4. The molecule has 0 saturated heterocycles. The van der Waals surface area contributed by atoms with Gasteiger partial charge in [0.05, 0.1) is 10.7 Å². The molecule has 0 aromatic heterocycles. The Morgan fingerprint density at radius 3 is 2.37 bits per heavy atom. The minimum absolute atomic E-state index is 0.167. The molecule has 1 amide bonds. The maximum atomic E-state index is 11.7. The first-order valence-corrected chi connectivity index (χ1v) is 7.23. The van der Waals surface area contributed by atoms with Gasteiger partial charge in [-0.15, -0.1) is 0 Å². The largest absolute Gasteiger partial charge is 0.443 e. The normalized spacial score (nSPS) is 11.8. The maximum Gasteiger partial charge on any atom is 0.422 e. The minimum Gasteiger partial charge on any atom is -0.443 e. The molecule has 1 rings (SSSR count). The van der Waals surface area contributed by atoms with Crippen molar-refractivity contribution in [1.29, 1.82) is 0 Å². The molecule has 8 heteroatoms. The summed E-state index contributed by atoms with van der Waals surface area (Å²) >= 11 is 5.80. The number of benzene rings is 1. The van der Waals surface area contributed by atoms with Crippen molar-refractivity contribution in [3.05, 3.63) is 29.3 Å². The number of rotatable bonds is 3. The lowest BCUT2D eigenvalue weighted by molar-refractivity contribution is 0.0570. The van der Waals surface area contributed by atoms with E-state index in [-0.39, 0.29) is 10.7 Å². The Kier molecular flexibility index (Phi) is 4.65. The first-order chi connectivity index (χ1) is 8.59. The summed E-state index contributed by atoms with van der Waals surface area (Å²) in [5.74, 6) is 0. The molecule has 0 fully saturated rings. The zero-order valence-corrected chi connectivity index (χ0v) is 12.3. The molecule has 0 spiro atoms. The van der Waals surface area contributed by atoms with Crippen LogP contribution in [0.25, 0.3) is 0 Å². The lowest BCUT2D eigenvalue weighted by atomic mass is 10.2. The number of carbonyl (C=O) groups excluding carboxylic acids is 1. The fourth-order valence-electron chi connectivity index (χ4n) is 1.12. The van der Waals surface area contributed by atoms with E-state index in [9.17, 15) is 13.2 Å². The Balaban J connectivity index is 2.73. The summed E-state index contributed by atoms with van der Waals surface area (Å²) in [7, 11) is -4.09. The zero-order valence-electron chi connectivity index (χ0n) is 10.7. The van der Waals surface area contributed by atoms with Gasteiger partial charge in [0.25, 0.3) is 0 Å². The second-order valence-corrected chi connectivity index (χ2v) is 6.51. The summed E-state index contributed by atoms with van der Waals surface area (Å²) < 4.78 is 32.0. The van der Waals surface area contributed by atoms with Gasteiger partial charge in [0.15, 0.2) is 0 Å². The zero-order chi connectivity index (χ0) is 14.7. The minimum atomic E-state index is -4.09. The standard InChI is InChI=1S/C11H15ClN2O4S/c1-11(2,3)18-10(15)14-19(16,17)13-9-7-5-4-6-8(9)12/h4-7,13H,1-3H3,(H,14,15). The molecule has 0 heterocycles. The molecular formula is C11H15ClN2O4S. The van der Waals surface area contributed by atoms with Crippen molar-refractivity contribution in [3.63, 3.8) is 0 Å². The highest BCUT2D eigenvalue weighted by molar-refractivity contribution is 7.91. The van der Waals surface area contributed by atoms with Crippen LogP contribution < -0.4 is 9.44 Å². The third-order valence-electron chi connectivity index (χ3n) is 1.73. The number of ether oxygens (including phenoxy) is 1. The highest BCUT2D eigenvalue weighted by Gasteiger charge is 2.21. The molecule has 19 heavy (non-hydrogen) atoms. The predicted molar refractivity (Wildman–Crippen MR) is 73.4 cm³/mol. The van der Waals surface area contributed by atoms with Gasteiger partial charge in [-0.05, 0) is 32.9 Å². The first kappa shape index (κ1) is 15.6. The number of nitrogens with one attached hydrogen (secondary N) is 2. The molecule has 0 radical (unpaired) electrons. The van der Waals surface area contributed by atoms with Crippen molar-refractivity contribution in [3.8, 4) is 0 Å². The van der Waals surface area contributed by atoms with Crippen LogP contribution >= 0.6 is 11.6 Å². The molecule has 0 unspecified atom stereocenters. The van der Waals surface area contributed by atoms with Crippen LogP contribution in [0.1, 0.15) is 20.8 Å². The van der Waals surface area contributed by atoms with Crippen LogP contribution in [0, 0.1) is 0 Å². The van der Waals surface area contributed by atoms with E-state index in [2.05, 4.69) is 4.72 Å². The smallest absolute Gasteiger partial charge is 0.422 e. The van der Waals surface area contributed by atoms with Gasteiger partial charge in [-0.3, -0.25) is 4.72 Å². The lowest BCUT2D eigenvalue weighted by Crippen LogP contribution is -2.39. The van der Waals surface area contributed by atoms with E-state index in [1.807, 2.05) is 0 Å². The van der Waals surface area contributed by atoms with Gasteiger partial charge in [-0.1, -0.05) is 23.7 Å². The fraction of sp³-hybridized carbons (Fsp3) is 0.364. The molecule has 0 aliphatic rings. The third kappa shape index (κ3) is 5.80. The van der Waals surface area contributed by atoms with E-state index in [0.717, 1.165) is 0 Å². The van der Waals surface area contributed by atoms with Gasteiger partial charge in [-0.25, -0.2) is 9.52 Å². The van der Waals surface area contributed by atoms with Gasteiger partial charge >= 0.3 is 16.3 Å². The molecule has 1 aromatic rings. The number of hydrogen-bond acceptors (Lipinski definition) is 4. The molecule has 0 saturated carbocycles. The van der Waals surface area contributed by atoms with Crippen molar-refractivity contribution < 1.29 is 17.9 Å². The summed E-state index contributed by atoms with van der Waals surface area (Å²) in [5, 5.41) is 0.220. The second-order valence-electron chi connectivity index (χ2n) is 4.69. The van der Waals surface area contributed by atoms with E-state index in [0.29, 0.717) is 0 Å². The number of carbonyl (C=O) groups is 1. The van der Waals surface area contributed by atoms with Crippen LogP contribution in [-0.2, 0) is 14.9 Å². The van der Waals surface area contributed by atoms with Gasteiger partial charge in [0, 0.05) is 0 Å². The van der Waals surface area contributed by atoms with Crippen molar-refractivity contribution in [2.75, 3.05) is 4.72 Å². The number of amides is 1. The molecule has 106 valence electrons. The highest BCUT2D eigenvalue weighted by Crippen LogP contribution is 2.21. The number of anilines is 1. The summed E-state index contributed by atoms with van der Waals surface area (Å²) in [6, 6.07) is 6.25. The van der Waals surface area contributed by atoms with E-state index in [4.69, 9.17) is 16.3 Å². The SMILES string of the molecule is CC(C)(C)OC(=O)NS(=O)(=O)Nc1ccccc1Cl. The maximum absolute atomic E-state index is 11.7. The topological polar surface area (TPSA) is 84.5 Å². The third-order valence-corrected chi connectivity index (χ3v) is 2.99. The van der Waals surface area contributed by atoms with Crippen LogP contribution in [0.3, 0.4) is 0 Å². The Hall–Kier alpha value is -1.47. The molecule has 0 bridgehead atoms. The Bertz CT molecular complexity index is 566. The lowest BCUT2D eigenvalue weighted by Gasteiger charge is -2.19. The van der Waals surface area contributed by atoms with Crippen LogP contribution in [0.5, 0.6) is 0 Å². The number of para-hydroxylation sites is 1. The van der Waals surface area contributed by atoms with Crippen LogP contribution in [0.4, 0.5) is 10.5 Å². The summed E-state index contributed by atoms with van der Waals surface area (Å²) in [6.07, 6.45) is -1.06. The van der Waals surface area contributed by atoms with Gasteiger partial charge in [-0.2, -0.15) is 8.42 Å². The molecule has 0 atom stereocenters. The number of hydrogen-bond donors (Lipinski definition) is 2. The van der Waals surface area contributed by atoms with Crippen molar-refractivity contribution in [1.82, 2.24) is 4.72 Å². The van der Waals surface area contributed by atoms with E-state index >= 15 is 0 Å². The Morgan fingerprint density at radius 1 is 1.26 bits per heavy atom. The fourth-order valence-corrected chi connectivity index (χ4v) is 2.14. The van der Waals surface area contributed by atoms with Crippen LogP contribution in [0.2, 0.25) is 5.02 Å². The van der Waals surface area contributed by atoms with Crippen LogP contribution in [0.15, 0.2) is 24.3 Å². The first-order valence-electron chi connectivity index (χ1n) is 5.37. The molecule has 1 aromatic carbocycles. The summed E-state index contributed by atoms with van der Waals surface area (Å²) in [5.41, 5.74) is -0.621. The Labute approximate surface area is 117 Å². The number of halogens is 1. The van der Waals surface area contributed by atoms with Crippen molar-refractivity contribution in [2.45, 2.75) is 26.4 Å². The average Bonchev–Trinajstić information content (AvgIpc) is 2.17. The second kappa shape index (κ2) is 5.66. The monoisotopic (exact) mass is 306 g/mol. The van der Waals surface area contributed by atoms with E-state index in [1.54, 1.807) is 37.6 Å². The molecule has 0 aliphatic heterocycles. The molecular weight excluding hydrogens is 292 g/mol. The molecule has 0 aliphatic carbocycles. The highest BCUT2D eigenvalue weighted by atomic mass is 35.5. The average molecular weight is 307 g/mol. The predicted octanol–water partition coefficient (Wildman–Crippen LogP) is 2.52. The van der Waals surface area contributed by atoms with E-state index in [1.165, 1.54) is 12.1 Å². The van der Waals surface area contributed by atoms with Gasteiger partial charge in [0.2, 0.25) is 0 Å². The summed E-state index contributed by atoms with van der Waals surface area (Å²) in [6.45, 7) is 4.88. The van der Waals surface area contributed by atoms with Crippen molar-refractivity contribution in [2.24, 2.45) is 0 Å².